The number of rotatable bonds is 13. The summed E-state index contributed by atoms with van der Waals surface area (Å²) in [5, 5.41) is 0. The van der Waals surface area contributed by atoms with E-state index in [0.717, 1.165) is 12.1 Å². The minimum Gasteiger partial charge on any atom is -0.497 e. The molecule has 1 atom stereocenters. The van der Waals surface area contributed by atoms with Gasteiger partial charge in [0.15, 0.2) is 0 Å². The number of halogens is 18. The molecule has 3 aromatic rings. The zero-order valence-corrected chi connectivity index (χ0v) is 24.9. The molecule has 272 valence electrons. The van der Waals surface area contributed by atoms with Crippen LogP contribution in [0.5, 0.6) is 5.75 Å². The highest BCUT2D eigenvalue weighted by molar-refractivity contribution is 6.28. The van der Waals surface area contributed by atoms with Crippen molar-refractivity contribution in [3.8, 4) is 5.75 Å². The largest absolute Gasteiger partial charge is 0.497 e. The molecule has 0 aliphatic rings. The summed E-state index contributed by atoms with van der Waals surface area (Å²) in [6.45, 7) is 0. The third kappa shape index (κ3) is 6.26. The number of hydrogen-bond acceptors (Lipinski definition) is 1. The monoisotopic (exact) mass is 754 g/mol. The highest BCUT2D eigenvalue weighted by Gasteiger charge is 2.95. The van der Waals surface area contributed by atoms with Crippen LogP contribution < -0.4 is 4.74 Å². The Hall–Kier alpha value is -3.44. The van der Waals surface area contributed by atoms with Crippen LogP contribution in [0.3, 0.4) is 0 Å². The maximum Gasteiger partial charge on any atom is 0.460 e. The highest BCUT2D eigenvalue weighted by atomic mass is 35.5. The first-order valence-corrected chi connectivity index (χ1v) is 13.7. The fraction of sp³-hybridized carbons (Fsp3) is 0.400. The third-order valence-electron chi connectivity index (χ3n) is 7.53. The summed E-state index contributed by atoms with van der Waals surface area (Å²) < 4.78 is 236. The number of ether oxygens (including phenoxy) is 1. The van der Waals surface area contributed by atoms with Crippen LogP contribution in [0.2, 0.25) is 0 Å². The number of hydrogen-bond donors (Lipinski definition) is 0. The first-order chi connectivity index (χ1) is 22.1. The standard InChI is InChI=1S/C30H20ClF17O/c1-49-21-13-11-20(12-14-21)23(31,18-5-3-2-4-6-18)19-9-7-17(8-10-19)15-16-22(32,33)24(34,35)25(36,37)26(38,39)27(40,41)28(42,43)29(44,45)30(46,47)48/h2-14H,15-16H2,1H3/t23-/m1/s1. The van der Waals surface area contributed by atoms with Gasteiger partial charge in [-0.1, -0.05) is 66.7 Å². The van der Waals surface area contributed by atoms with Crippen molar-refractivity contribution in [1.82, 2.24) is 0 Å². The number of benzene rings is 3. The molecule has 0 fully saturated rings. The van der Waals surface area contributed by atoms with Gasteiger partial charge in [-0.25, -0.2) is 0 Å². The lowest BCUT2D eigenvalue weighted by molar-refractivity contribution is -0.461. The Morgan fingerprint density at radius 3 is 1.24 bits per heavy atom. The number of alkyl halides is 18. The van der Waals surface area contributed by atoms with Gasteiger partial charge >= 0.3 is 47.6 Å². The van der Waals surface area contributed by atoms with Gasteiger partial charge < -0.3 is 4.74 Å². The van der Waals surface area contributed by atoms with E-state index in [4.69, 9.17) is 16.3 Å². The quantitative estimate of drug-likeness (QED) is 0.0959. The van der Waals surface area contributed by atoms with Crippen LogP contribution >= 0.6 is 11.6 Å². The topological polar surface area (TPSA) is 9.23 Å². The molecular weight excluding hydrogens is 735 g/mol. The molecule has 0 bridgehead atoms. The Kier molecular flexibility index (Phi) is 10.4. The molecule has 0 aromatic heterocycles. The van der Waals surface area contributed by atoms with Crippen LogP contribution in [0.1, 0.15) is 28.7 Å². The molecule has 0 spiro atoms. The normalized spacial score (nSPS) is 15.6. The molecule has 1 nitrogen and oxygen atoms in total. The van der Waals surface area contributed by atoms with E-state index in [9.17, 15) is 74.6 Å². The molecule has 19 heteroatoms. The minimum atomic E-state index is -8.66. The number of methoxy groups -OCH3 is 1. The van der Waals surface area contributed by atoms with E-state index in [-0.39, 0.29) is 5.56 Å². The van der Waals surface area contributed by atoms with Crippen molar-refractivity contribution in [2.75, 3.05) is 7.11 Å². The van der Waals surface area contributed by atoms with Crippen molar-refractivity contribution in [2.24, 2.45) is 0 Å². The lowest BCUT2D eigenvalue weighted by Crippen LogP contribution is -2.74. The Balaban J connectivity index is 1.93. The molecule has 0 radical (unpaired) electrons. The second-order valence-corrected chi connectivity index (χ2v) is 11.2. The van der Waals surface area contributed by atoms with Crippen LogP contribution in [-0.2, 0) is 11.3 Å². The van der Waals surface area contributed by atoms with Gasteiger partial charge in [-0.05, 0) is 40.8 Å². The first kappa shape index (κ1) is 40.0. The van der Waals surface area contributed by atoms with Gasteiger partial charge in [0.05, 0.1) is 7.11 Å². The fourth-order valence-electron chi connectivity index (χ4n) is 4.54. The Labute approximate surface area is 270 Å². The molecule has 3 aromatic carbocycles. The van der Waals surface area contributed by atoms with Gasteiger partial charge in [0.25, 0.3) is 0 Å². The maximum atomic E-state index is 14.4. The predicted molar refractivity (Wildman–Crippen MR) is 141 cm³/mol. The van der Waals surface area contributed by atoms with Gasteiger partial charge in [0.1, 0.15) is 10.6 Å². The SMILES string of the molecule is COc1ccc([C@@](Cl)(c2ccccc2)c2ccc(CCC(F)(F)C(F)(F)C(F)(F)C(F)(F)C(F)(F)C(F)(F)C(F)(F)C(F)(F)F)cc2)cc1. The smallest absolute Gasteiger partial charge is 0.460 e. The van der Waals surface area contributed by atoms with E-state index in [1.807, 2.05) is 0 Å². The van der Waals surface area contributed by atoms with Crippen LogP contribution in [0.4, 0.5) is 74.6 Å². The van der Waals surface area contributed by atoms with E-state index >= 15 is 0 Å². The van der Waals surface area contributed by atoms with E-state index < -0.39 is 70.9 Å². The Morgan fingerprint density at radius 2 is 0.837 bits per heavy atom. The average Bonchev–Trinajstić information content (AvgIpc) is 3.03. The van der Waals surface area contributed by atoms with Crippen LogP contribution in [0.25, 0.3) is 0 Å². The van der Waals surface area contributed by atoms with Gasteiger partial charge in [-0.3, -0.25) is 0 Å². The van der Waals surface area contributed by atoms with Crippen molar-refractivity contribution >= 4 is 11.6 Å². The number of aryl methyl sites for hydroxylation is 1. The van der Waals surface area contributed by atoms with Crippen LogP contribution in [0.15, 0.2) is 78.9 Å². The summed E-state index contributed by atoms with van der Waals surface area (Å²) in [4.78, 5) is -1.51. The summed E-state index contributed by atoms with van der Waals surface area (Å²) >= 11 is 7.05. The van der Waals surface area contributed by atoms with Crippen molar-refractivity contribution in [1.29, 1.82) is 0 Å². The molecule has 0 amide bonds. The van der Waals surface area contributed by atoms with Crippen molar-refractivity contribution in [3.05, 3.63) is 101 Å². The zero-order chi connectivity index (χ0) is 37.7. The lowest BCUT2D eigenvalue weighted by atomic mass is 9.83. The first-order valence-electron chi connectivity index (χ1n) is 13.3. The van der Waals surface area contributed by atoms with E-state index in [2.05, 4.69) is 0 Å². The summed E-state index contributed by atoms with van der Waals surface area (Å²) in [7, 11) is 1.39. The van der Waals surface area contributed by atoms with E-state index in [1.165, 1.54) is 19.2 Å². The Bertz CT molecular complexity index is 1570. The summed E-state index contributed by atoms with van der Waals surface area (Å²) in [6, 6.07) is 18.6. The third-order valence-corrected chi connectivity index (χ3v) is 8.18. The maximum absolute atomic E-state index is 14.4. The highest BCUT2D eigenvalue weighted by Crippen LogP contribution is 2.64. The fourth-order valence-corrected chi connectivity index (χ4v) is 4.92. The van der Waals surface area contributed by atoms with Crippen molar-refractivity contribution in [2.45, 2.75) is 65.3 Å². The average molecular weight is 755 g/mol. The molecule has 0 saturated carbocycles. The van der Waals surface area contributed by atoms with Crippen LogP contribution in [0, 0.1) is 0 Å². The summed E-state index contributed by atoms with van der Waals surface area (Å²) in [6.07, 6.45) is -11.8. The molecule has 0 aliphatic heterocycles. The molecule has 0 unspecified atom stereocenters. The van der Waals surface area contributed by atoms with Gasteiger partial charge in [0, 0.05) is 6.42 Å². The second kappa shape index (κ2) is 12.7. The minimum absolute atomic E-state index is 0.219. The molecule has 0 saturated heterocycles. The van der Waals surface area contributed by atoms with Gasteiger partial charge in [-0.2, -0.15) is 74.6 Å². The molecule has 0 N–H and O–H groups in total. The van der Waals surface area contributed by atoms with E-state index in [0.29, 0.717) is 16.9 Å². The molecule has 0 heterocycles. The van der Waals surface area contributed by atoms with Gasteiger partial charge in [-0.15, -0.1) is 11.6 Å². The predicted octanol–water partition coefficient (Wildman–Crippen LogP) is 11.2. The summed E-state index contributed by atoms with van der Waals surface area (Å²) in [5.74, 6) is -56.1. The molecule has 3 rings (SSSR count). The Morgan fingerprint density at radius 1 is 0.469 bits per heavy atom. The van der Waals surface area contributed by atoms with Gasteiger partial charge in [0.2, 0.25) is 0 Å². The second-order valence-electron chi connectivity index (χ2n) is 10.6. The molecule has 0 aliphatic carbocycles. The van der Waals surface area contributed by atoms with Crippen LogP contribution in [-0.4, -0.2) is 54.7 Å². The summed E-state index contributed by atoms with van der Waals surface area (Å²) in [5.41, 5.74) is 0.715. The molecular formula is C30H20ClF17O. The zero-order valence-electron chi connectivity index (χ0n) is 24.1. The van der Waals surface area contributed by atoms with Crippen molar-refractivity contribution < 1.29 is 79.4 Å². The van der Waals surface area contributed by atoms with Crippen molar-refractivity contribution in [3.63, 3.8) is 0 Å². The van der Waals surface area contributed by atoms with E-state index in [1.54, 1.807) is 54.6 Å². The molecule has 49 heavy (non-hydrogen) atoms. The lowest BCUT2D eigenvalue weighted by Gasteiger charge is -2.42.